The highest BCUT2D eigenvalue weighted by atomic mass is 19.1. The van der Waals surface area contributed by atoms with E-state index in [1.165, 1.54) is 19.4 Å². The number of methoxy groups -OCH3 is 1. The van der Waals surface area contributed by atoms with Crippen molar-refractivity contribution in [2.75, 3.05) is 32.1 Å². The maximum atomic E-state index is 15.2. The summed E-state index contributed by atoms with van der Waals surface area (Å²) < 4.78 is 22.6. The van der Waals surface area contributed by atoms with E-state index >= 15 is 4.39 Å². The molecule has 1 saturated heterocycles. The summed E-state index contributed by atoms with van der Waals surface area (Å²) in [4.78, 5) is 35.9. The Morgan fingerprint density at radius 3 is 2.46 bits per heavy atom. The van der Waals surface area contributed by atoms with Crippen LogP contribution in [0, 0.1) is 5.82 Å². The van der Waals surface area contributed by atoms with Crippen LogP contribution < -0.4 is 20.4 Å². The number of halogens is 1. The summed E-state index contributed by atoms with van der Waals surface area (Å²) >= 11 is 0. The Morgan fingerprint density at radius 2 is 1.97 bits per heavy atom. The van der Waals surface area contributed by atoms with E-state index in [1.54, 1.807) is 11.5 Å². The van der Waals surface area contributed by atoms with Crippen molar-refractivity contribution in [3.05, 3.63) is 33.9 Å². The SMILES string of the molecule is CCC(O)C(=O)O.CNC1CCCN(c2c(F)cc3c(=O)c(C(=O)O)cn(C4CC4)c3c2OC)C1. The number of aliphatic hydroxyl groups excluding tert-OH is 1. The minimum absolute atomic E-state index is 0.0482. The molecule has 11 heteroatoms. The number of nitrogens with zero attached hydrogens (tertiary/aromatic N) is 2. The first-order chi connectivity index (χ1) is 16.6. The third-order valence-electron chi connectivity index (χ3n) is 6.39. The zero-order valence-electron chi connectivity index (χ0n) is 20.1. The molecule has 10 nitrogen and oxygen atoms in total. The second kappa shape index (κ2) is 11.0. The second-order valence-corrected chi connectivity index (χ2v) is 8.79. The number of hydrogen-bond donors (Lipinski definition) is 4. The highest BCUT2D eigenvalue weighted by Crippen LogP contribution is 2.44. The van der Waals surface area contributed by atoms with Gasteiger partial charge in [0.05, 0.1) is 18.0 Å². The standard InChI is InChI=1S/C20H24FN3O4.C4H8O3/c1-22-11-4-3-7-23(9-11)17-15(21)8-13-16(19(17)28-2)24(12-5-6-12)10-14(18(13)25)20(26)27;1-2-3(5)4(6)7/h8,10-12,22H,3-7,9H2,1-2H3,(H,26,27);3,5H,2H2,1H3,(H,6,7). The topological polar surface area (TPSA) is 141 Å². The molecule has 0 spiro atoms. The van der Waals surface area contributed by atoms with Crippen molar-refractivity contribution < 1.29 is 34.0 Å². The number of aliphatic carboxylic acids is 1. The van der Waals surface area contributed by atoms with E-state index in [-0.39, 0.29) is 29.5 Å². The summed E-state index contributed by atoms with van der Waals surface area (Å²) in [7, 11) is 3.35. The second-order valence-electron chi connectivity index (χ2n) is 8.79. The summed E-state index contributed by atoms with van der Waals surface area (Å²) in [5, 5.41) is 29.0. The van der Waals surface area contributed by atoms with Gasteiger partial charge in [-0.3, -0.25) is 4.79 Å². The van der Waals surface area contributed by atoms with E-state index in [0.29, 0.717) is 30.0 Å². The van der Waals surface area contributed by atoms with Crippen LogP contribution in [0.5, 0.6) is 5.75 Å². The van der Waals surface area contributed by atoms with Crippen molar-refractivity contribution in [2.24, 2.45) is 0 Å². The summed E-state index contributed by atoms with van der Waals surface area (Å²) in [5.74, 6) is -2.73. The largest absolute Gasteiger partial charge is 0.492 e. The first-order valence-electron chi connectivity index (χ1n) is 11.7. The highest BCUT2D eigenvalue weighted by molar-refractivity contribution is 5.97. The van der Waals surface area contributed by atoms with Crippen LogP contribution in [-0.4, -0.2) is 71.2 Å². The molecular formula is C24H32FN3O7. The van der Waals surface area contributed by atoms with Gasteiger partial charge in [-0.15, -0.1) is 0 Å². The molecule has 192 valence electrons. The number of nitrogens with one attached hydrogen (secondary N) is 1. The number of carboxylic acids is 2. The van der Waals surface area contributed by atoms with Crippen molar-refractivity contribution in [1.82, 2.24) is 9.88 Å². The zero-order chi connectivity index (χ0) is 25.9. The molecule has 4 N–H and O–H groups in total. The van der Waals surface area contributed by atoms with E-state index in [1.807, 2.05) is 11.9 Å². The maximum Gasteiger partial charge on any atom is 0.341 e. The van der Waals surface area contributed by atoms with Gasteiger partial charge in [-0.1, -0.05) is 6.92 Å². The summed E-state index contributed by atoms with van der Waals surface area (Å²) in [5.41, 5.74) is -0.216. The third-order valence-corrected chi connectivity index (χ3v) is 6.39. The van der Waals surface area contributed by atoms with Gasteiger partial charge >= 0.3 is 11.9 Å². The number of piperidine rings is 1. The fourth-order valence-electron chi connectivity index (χ4n) is 4.31. The molecule has 1 aromatic heterocycles. The Labute approximate surface area is 201 Å². The Kier molecular flexibility index (Phi) is 8.34. The molecule has 1 aliphatic carbocycles. The molecule has 1 aromatic carbocycles. The van der Waals surface area contributed by atoms with Crippen LogP contribution >= 0.6 is 0 Å². The van der Waals surface area contributed by atoms with Crippen LogP contribution in [0.25, 0.3) is 10.9 Å². The Bertz CT molecular complexity index is 1160. The molecule has 0 amide bonds. The van der Waals surface area contributed by atoms with Gasteiger partial charge in [-0.2, -0.15) is 0 Å². The van der Waals surface area contributed by atoms with E-state index in [4.69, 9.17) is 14.9 Å². The number of carbonyl (C=O) groups is 2. The number of hydrogen-bond acceptors (Lipinski definition) is 7. The van der Waals surface area contributed by atoms with Crippen molar-refractivity contribution in [3.8, 4) is 5.75 Å². The summed E-state index contributed by atoms with van der Waals surface area (Å²) in [6, 6.07) is 1.51. The molecule has 0 bridgehead atoms. The first-order valence-corrected chi connectivity index (χ1v) is 11.7. The Hall–Kier alpha value is -3.18. The van der Waals surface area contributed by atoms with Crippen molar-refractivity contribution >= 4 is 28.5 Å². The zero-order valence-corrected chi connectivity index (χ0v) is 20.1. The van der Waals surface area contributed by atoms with Crippen molar-refractivity contribution in [2.45, 2.75) is 57.2 Å². The van der Waals surface area contributed by atoms with E-state index in [0.717, 1.165) is 25.7 Å². The van der Waals surface area contributed by atoms with Crippen LogP contribution in [0.1, 0.15) is 55.4 Å². The lowest BCUT2D eigenvalue weighted by molar-refractivity contribution is -0.146. The number of carboxylic acid groups (broad SMARTS) is 2. The monoisotopic (exact) mass is 493 g/mol. The minimum atomic E-state index is -1.31. The van der Waals surface area contributed by atoms with Crippen LogP contribution in [-0.2, 0) is 4.79 Å². The number of aliphatic hydroxyl groups is 1. The number of ether oxygens (including phenoxy) is 1. The molecule has 35 heavy (non-hydrogen) atoms. The first kappa shape index (κ1) is 26.4. The molecule has 4 rings (SSSR count). The smallest absolute Gasteiger partial charge is 0.341 e. The number of aromatic nitrogens is 1. The van der Waals surface area contributed by atoms with E-state index in [2.05, 4.69) is 5.32 Å². The number of likely N-dealkylation sites (N-methyl/N-ethyl adjacent to an activating group) is 1. The van der Waals surface area contributed by atoms with Crippen LogP contribution in [0.3, 0.4) is 0 Å². The normalized spacial score (nSPS) is 18.5. The number of fused-ring (bicyclic) bond motifs is 1. The number of rotatable bonds is 7. The van der Waals surface area contributed by atoms with Crippen LogP contribution in [0.2, 0.25) is 0 Å². The van der Waals surface area contributed by atoms with Gasteiger partial charge in [-0.05, 0) is 45.2 Å². The van der Waals surface area contributed by atoms with Gasteiger partial charge in [0.1, 0.15) is 11.3 Å². The molecule has 1 aliphatic heterocycles. The molecule has 2 aromatic rings. The van der Waals surface area contributed by atoms with E-state index in [9.17, 15) is 19.5 Å². The van der Waals surface area contributed by atoms with Gasteiger partial charge in [0, 0.05) is 31.4 Å². The minimum Gasteiger partial charge on any atom is -0.492 e. The van der Waals surface area contributed by atoms with Crippen LogP contribution in [0.15, 0.2) is 17.1 Å². The predicted octanol–water partition coefficient (Wildman–Crippen LogP) is 2.21. The highest BCUT2D eigenvalue weighted by Gasteiger charge is 2.32. The quantitative estimate of drug-likeness (QED) is 0.457. The number of aromatic carboxylic acids is 1. The van der Waals surface area contributed by atoms with Gasteiger partial charge < -0.3 is 34.8 Å². The maximum absolute atomic E-state index is 15.2. The Balaban J connectivity index is 0.000000429. The number of anilines is 1. The van der Waals surface area contributed by atoms with Gasteiger partial charge in [0.2, 0.25) is 5.43 Å². The average molecular weight is 494 g/mol. The van der Waals surface area contributed by atoms with Gasteiger partial charge in [0.15, 0.2) is 17.7 Å². The summed E-state index contributed by atoms with van der Waals surface area (Å²) in [6.07, 6.45) is 4.17. The molecule has 2 unspecified atom stereocenters. The molecule has 2 fully saturated rings. The van der Waals surface area contributed by atoms with Gasteiger partial charge in [-0.25, -0.2) is 14.0 Å². The summed E-state index contributed by atoms with van der Waals surface area (Å²) in [6.45, 7) is 2.94. The lowest BCUT2D eigenvalue weighted by atomic mass is 10.0. The van der Waals surface area contributed by atoms with E-state index < -0.39 is 29.3 Å². The van der Waals surface area contributed by atoms with Gasteiger partial charge in [0.25, 0.3) is 0 Å². The number of benzene rings is 1. The fraction of sp³-hybridized carbons (Fsp3) is 0.542. The average Bonchev–Trinajstić information content (AvgIpc) is 3.68. The van der Waals surface area contributed by atoms with Crippen molar-refractivity contribution in [3.63, 3.8) is 0 Å². The van der Waals surface area contributed by atoms with Crippen molar-refractivity contribution in [1.29, 1.82) is 0 Å². The molecule has 0 radical (unpaired) electrons. The molecule has 2 heterocycles. The lowest BCUT2D eigenvalue weighted by Crippen LogP contribution is -2.45. The van der Waals surface area contributed by atoms with Crippen LogP contribution in [0.4, 0.5) is 10.1 Å². The number of pyridine rings is 1. The molecular weight excluding hydrogens is 461 g/mol. The fourth-order valence-corrected chi connectivity index (χ4v) is 4.31. The molecule has 1 saturated carbocycles. The molecule has 2 atom stereocenters. The lowest BCUT2D eigenvalue weighted by Gasteiger charge is -2.35. The molecule has 2 aliphatic rings. The predicted molar refractivity (Wildman–Crippen MR) is 128 cm³/mol. The third kappa shape index (κ3) is 5.57. The Morgan fingerprint density at radius 1 is 1.29 bits per heavy atom.